The molecule has 8 N–H and O–H groups in total. The van der Waals surface area contributed by atoms with Gasteiger partial charge in [0.2, 0.25) is 17.7 Å². The Bertz CT molecular complexity index is 1950. The summed E-state index contributed by atoms with van der Waals surface area (Å²) in [6.07, 6.45) is 13.3. The molecule has 5 unspecified atom stereocenters. The molecule has 1 aliphatic heterocycles. The molecule has 12 heteroatoms. The Morgan fingerprint density at radius 3 is 2.20 bits per heavy atom. The van der Waals surface area contributed by atoms with Gasteiger partial charge < -0.3 is 42.0 Å². The van der Waals surface area contributed by atoms with Crippen LogP contribution in [0.15, 0.2) is 85.1 Å². The molecule has 1 fully saturated rings. The van der Waals surface area contributed by atoms with Crippen molar-refractivity contribution in [3.63, 3.8) is 0 Å². The van der Waals surface area contributed by atoms with Gasteiger partial charge in [-0.2, -0.15) is 0 Å². The number of nitrogens with zero attached hydrogens (tertiary/aromatic N) is 2. The maximum Gasteiger partial charge on any atom is 0.264 e. The van der Waals surface area contributed by atoms with E-state index in [-0.39, 0.29) is 24.1 Å². The molecule has 0 aliphatic carbocycles. The number of rotatable bonds is 24. The zero-order valence-electron chi connectivity index (χ0n) is 34.9. The lowest BCUT2D eigenvalue weighted by Crippen LogP contribution is -2.56. The second kappa shape index (κ2) is 22.8. The first-order valence-corrected chi connectivity index (χ1v) is 21.6. The van der Waals surface area contributed by atoms with Gasteiger partial charge >= 0.3 is 0 Å². The van der Waals surface area contributed by atoms with Crippen LogP contribution in [-0.4, -0.2) is 75.5 Å². The predicted octanol–water partition coefficient (Wildman–Crippen LogP) is 5.92. The van der Waals surface area contributed by atoms with Gasteiger partial charge in [-0.05, 0) is 80.3 Å². The van der Waals surface area contributed by atoms with Crippen molar-refractivity contribution in [3.8, 4) is 5.75 Å². The Morgan fingerprint density at radius 1 is 0.814 bits per heavy atom. The van der Waals surface area contributed by atoms with Gasteiger partial charge in [-0.15, -0.1) is 0 Å². The van der Waals surface area contributed by atoms with E-state index in [2.05, 4.69) is 22.9 Å². The van der Waals surface area contributed by atoms with Crippen LogP contribution in [-0.2, 0) is 32.0 Å². The lowest BCUT2D eigenvalue weighted by Gasteiger charge is -2.31. The van der Waals surface area contributed by atoms with Gasteiger partial charge in [0.05, 0.1) is 11.6 Å². The van der Waals surface area contributed by atoms with E-state index < -0.39 is 42.0 Å². The number of amides is 4. The normalized spacial score (nSPS) is 16.1. The quantitative estimate of drug-likeness (QED) is 0.0475. The molecule has 59 heavy (non-hydrogen) atoms. The number of aromatic nitrogens is 1. The van der Waals surface area contributed by atoms with Crippen molar-refractivity contribution in [1.82, 2.24) is 25.4 Å². The monoisotopic (exact) mass is 808 g/mol. The number of hydrogen-bond donors (Lipinski definition) is 6. The number of hydrogen-bond acceptors (Lipinski definition) is 7. The molecule has 1 aliphatic rings. The molecule has 3 aromatic carbocycles. The van der Waals surface area contributed by atoms with Crippen molar-refractivity contribution >= 4 is 34.5 Å². The average Bonchev–Trinajstić information content (AvgIpc) is 3.87. The van der Waals surface area contributed by atoms with Crippen LogP contribution in [0.4, 0.5) is 0 Å². The van der Waals surface area contributed by atoms with Crippen LogP contribution in [0.25, 0.3) is 10.9 Å². The molecule has 2 heterocycles. The van der Waals surface area contributed by atoms with E-state index in [4.69, 9.17) is 11.5 Å². The summed E-state index contributed by atoms with van der Waals surface area (Å²) in [5.74, 6) is -1.83. The molecule has 4 amide bonds. The van der Waals surface area contributed by atoms with E-state index in [9.17, 15) is 24.3 Å². The predicted molar refractivity (Wildman–Crippen MR) is 233 cm³/mol. The molecule has 5 atom stereocenters. The first-order chi connectivity index (χ1) is 28.5. The Hall–Kier alpha value is -5.20. The molecule has 0 bridgehead atoms. The highest BCUT2D eigenvalue weighted by atomic mass is 16.3. The van der Waals surface area contributed by atoms with Crippen LogP contribution in [0.5, 0.6) is 5.75 Å². The Labute approximate surface area is 349 Å². The number of likely N-dealkylation sites (tertiary alicyclic amines) is 1. The van der Waals surface area contributed by atoms with Gasteiger partial charge in [-0.1, -0.05) is 119 Å². The Kier molecular flexibility index (Phi) is 17.4. The molecule has 12 nitrogen and oxygen atoms in total. The minimum atomic E-state index is -1.24. The number of phenols is 1. The highest BCUT2D eigenvalue weighted by Crippen LogP contribution is 2.26. The molecule has 5 rings (SSSR count). The molecule has 1 aromatic heterocycles. The van der Waals surface area contributed by atoms with E-state index in [1.165, 1.54) is 38.5 Å². The van der Waals surface area contributed by atoms with E-state index in [0.717, 1.165) is 46.9 Å². The number of para-hydroxylation sites is 1. The molecule has 0 saturated carbocycles. The Morgan fingerprint density at radius 2 is 1.49 bits per heavy atom. The van der Waals surface area contributed by atoms with Crippen LogP contribution in [0.1, 0.15) is 107 Å². The number of primary amides is 1. The summed E-state index contributed by atoms with van der Waals surface area (Å²) in [5.41, 5.74) is 15.9. The molecular weight excluding hydrogens is 743 g/mol. The number of fused-ring (bicyclic) bond motifs is 1. The SMILES string of the molecule is CCCCCCCCCCC(N)CNC(Cc1ccc(O)cc1)C(=O)N1CCCC1C(=O)NC(C(=O)NC(CCc1ccccc1)C(N)=O)n1cc(C)c2ccccc21. The maximum atomic E-state index is 14.5. The summed E-state index contributed by atoms with van der Waals surface area (Å²) < 4.78 is 1.71. The fourth-order valence-corrected chi connectivity index (χ4v) is 8.13. The fourth-order valence-electron chi connectivity index (χ4n) is 8.13. The second-order valence-corrected chi connectivity index (χ2v) is 16.2. The van der Waals surface area contributed by atoms with Gasteiger partial charge in [0.1, 0.15) is 17.8 Å². The third-order valence-electron chi connectivity index (χ3n) is 11.5. The van der Waals surface area contributed by atoms with Crippen molar-refractivity contribution in [2.24, 2.45) is 11.5 Å². The van der Waals surface area contributed by atoms with Crippen LogP contribution in [0.3, 0.4) is 0 Å². The minimum absolute atomic E-state index is 0.135. The van der Waals surface area contributed by atoms with E-state index in [0.29, 0.717) is 38.8 Å². The van der Waals surface area contributed by atoms with Gasteiger partial charge in [-0.3, -0.25) is 19.2 Å². The summed E-state index contributed by atoms with van der Waals surface area (Å²) in [5, 5.41) is 20.1. The third kappa shape index (κ3) is 13.1. The smallest absolute Gasteiger partial charge is 0.264 e. The number of carbonyl (C=O) groups is 4. The molecule has 0 radical (unpaired) electrons. The highest BCUT2D eigenvalue weighted by molar-refractivity contribution is 5.95. The topological polar surface area (TPSA) is 185 Å². The second-order valence-electron chi connectivity index (χ2n) is 16.2. The number of phenolic OH excluding ortho intramolecular Hbond substituents is 1. The van der Waals surface area contributed by atoms with Crippen molar-refractivity contribution in [2.75, 3.05) is 13.1 Å². The molecule has 4 aromatic rings. The number of benzene rings is 3. The van der Waals surface area contributed by atoms with Gasteiger partial charge in [0.25, 0.3) is 5.91 Å². The standard InChI is InChI=1S/C47H65N7O5/c1-3-4-5-6-7-8-9-13-19-36(48)31-50-40(30-35-23-26-37(55)27-24-35)47(59)53-29-16-22-42(53)45(57)52-44(54-32-33(2)38-20-14-15-21-41(38)54)46(58)51-39(43(49)56)28-25-34-17-11-10-12-18-34/h10-12,14-15,17-18,20-21,23-24,26-27,32,36,39-40,42,44,50,55H,3-9,13,16,19,22,25,28-31,48H2,1-2H3,(H2,49,56)(H,51,58)(H,52,57). The summed E-state index contributed by atoms with van der Waals surface area (Å²) in [6, 6.07) is 21.4. The van der Waals surface area contributed by atoms with Gasteiger partial charge in [0.15, 0.2) is 6.17 Å². The zero-order valence-corrected chi connectivity index (χ0v) is 34.9. The molecule has 318 valence electrons. The summed E-state index contributed by atoms with van der Waals surface area (Å²) in [7, 11) is 0. The summed E-state index contributed by atoms with van der Waals surface area (Å²) in [4.78, 5) is 57.4. The number of aromatic hydroxyl groups is 1. The van der Waals surface area contributed by atoms with E-state index >= 15 is 0 Å². The lowest BCUT2D eigenvalue weighted by molar-refractivity contribution is -0.141. The highest BCUT2D eigenvalue weighted by Gasteiger charge is 2.39. The number of unbranched alkanes of at least 4 members (excludes halogenated alkanes) is 7. The van der Waals surface area contributed by atoms with Crippen LogP contribution in [0, 0.1) is 6.92 Å². The average molecular weight is 808 g/mol. The van der Waals surface area contributed by atoms with Crippen LogP contribution in [0.2, 0.25) is 0 Å². The first-order valence-electron chi connectivity index (χ1n) is 21.6. The van der Waals surface area contributed by atoms with Crippen molar-refractivity contribution in [3.05, 3.63) is 102 Å². The number of nitrogens with two attached hydrogens (primary N) is 2. The largest absolute Gasteiger partial charge is 0.508 e. The maximum absolute atomic E-state index is 14.5. The van der Waals surface area contributed by atoms with E-state index in [1.54, 1.807) is 33.7 Å². The van der Waals surface area contributed by atoms with Crippen molar-refractivity contribution in [2.45, 2.75) is 134 Å². The minimum Gasteiger partial charge on any atom is -0.508 e. The zero-order chi connectivity index (χ0) is 42.1. The number of nitrogens with one attached hydrogen (secondary N) is 3. The van der Waals surface area contributed by atoms with Crippen LogP contribution >= 0.6 is 0 Å². The third-order valence-corrected chi connectivity index (χ3v) is 11.5. The molecule has 0 spiro atoms. The van der Waals surface area contributed by atoms with Gasteiger partial charge in [-0.25, -0.2) is 0 Å². The van der Waals surface area contributed by atoms with Gasteiger partial charge in [0, 0.05) is 30.7 Å². The van der Waals surface area contributed by atoms with Crippen LogP contribution < -0.4 is 27.4 Å². The number of carbonyl (C=O) groups excluding carboxylic acids is 4. The molecular formula is C47H65N7O5. The van der Waals surface area contributed by atoms with E-state index in [1.807, 2.05) is 67.7 Å². The summed E-state index contributed by atoms with van der Waals surface area (Å²) >= 11 is 0. The fraction of sp³-hybridized carbons (Fsp3) is 0.489. The Balaban J connectivity index is 1.30. The number of aryl methyl sites for hydroxylation is 2. The van der Waals surface area contributed by atoms with Crippen molar-refractivity contribution in [1.29, 1.82) is 0 Å². The van der Waals surface area contributed by atoms with Crippen molar-refractivity contribution < 1.29 is 24.3 Å². The lowest BCUT2D eigenvalue weighted by atomic mass is 10.0. The summed E-state index contributed by atoms with van der Waals surface area (Å²) in [6.45, 7) is 4.97. The first kappa shape index (κ1) is 44.9. The molecule has 1 saturated heterocycles.